The van der Waals surface area contributed by atoms with Crippen molar-refractivity contribution in [3.8, 4) is 0 Å². The molecule has 1 aliphatic heterocycles. The minimum absolute atomic E-state index is 0.0229. The van der Waals surface area contributed by atoms with Crippen LogP contribution in [-0.2, 0) is 11.3 Å². The molecule has 2 fully saturated rings. The second kappa shape index (κ2) is 7.89. The molecule has 0 bridgehead atoms. The van der Waals surface area contributed by atoms with Crippen molar-refractivity contribution in [2.45, 2.75) is 52.1 Å². The van der Waals surface area contributed by atoms with Crippen LogP contribution in [0.15, 0.2) is 24.3 Å². The Labute approximate surface area is 150 Å². The maximum atomic E-state index is 12.5. The van der Waals surface area contributed by atoms with Gasteiger partial charge in [-0.15, -0.1) is 0 Å². The van der Waals surface area contributed by atoms with Crippen molar-refractivity contribution in [3.05, 3.63) is 35.4 Å². The highest BCUT2D eigenvalue weighted by Gasteiger charge is 2.30. The first-order chi connectivity index (χ1) is 12.0. The first kappa shape index (κ1) is 17.8. The fraction of sp³-hybridized carbons (Fsp3) is 0.600. The molecule has 0 radical (unpaired) electrons. The number of rotatable bonds is 5. The van der Waals surface area contributed by atoms with Gasteiger partial charge in [0, 0.05) is 25.7 Å². The van der Waals surface area contributed by atoms with Crippen molar-refractivity contribution in [3.63, 3.8) is 0 Å². The van der Waals surface area contributed by atoms with Gasteiger partial charge in [0.1, 0.15) is 6.54 Å². The van der Waals surface area contributed by atoms with Gasteiger partial charge in [-0.25, -0.2) is 4.79 Å². The minimum atomic E-state index is -0.0334. The number of nitrogens with zero attached hydrogens (tertiary/aromatic N) is 2. The Kier molecular flexibility index (Phi) is 5.61. The predicted molar refractivity (Wildman–Crippen MR) is 98.1 cm³/mol. The fourth-order valence-electron chi connectivity index (χ4n) is 3.81. The van der Waals surface area contributed by atoms with E-state index in [-0.39, 0.29) is 24.5 Å². The van der Waals surface area contributed by atoms with Gasteiger partial charge in [-0.3, -0.25) is 4.79 Å². The van der Waals surface area contributed by atoms with E-state index in [0.717, 1.165) is 24.3 Å². The number of hydrogen-bond donors (Lipinski definition) is 1. The molecule has 25 heavy (non-hydrogen) atoms. The van der Waals surface area contributed by atoms with Crippen molar-refractivity contribution in [2.24, 2.45) is 5.92 Å². The minimum Gasteiger partial charge on any atom is -0.352 e. The highest BCUT2D eigenvalue weighted by atomic mass is 16.2. The molecule has 1 N–H and O–H groups in total. The number of carbonyl (C=O) groups is 2. The van der Waals surface area contributed by atoms with Crippen LogP contribution in [0, 0.1) is 12.8 Å². The summed E-state index contributed by atoms with van der Waals surface area (Å²) in [7, 11) is 0. The molecular formula is C20H29N3O2. The lowest BCUT2D eigenvalue weighted by molar-refractivity contribution is -0.122. The molecule has 3 rings (SSSR count). The zero-order valence-electron chi connectivity index (χ0n) is 15.3. The number of urea groups is 1. The highest BCUT2D eigenvalue weighted by molar-refractivity contribution is 5.85. The first-order valence-corrected chi connectivity index (χ1v) is 9.40. The van der Waals surface area contributed by atoms with E-state index >= 15 is 0 Å². The van der Waals surface area contributed by atoms with Gasteiger partial charge in [0.2, 0.25) is 5.91 Å². The molecule has 0 spiro atoms. The summed E-state index contributed by atoms with van der Waals surface area (Å²) in [4.78, 5) is 28.3. The summed E-state index contributed by atoms with van der Waals surface area (Å²) in [5.41, 5.74) is 2.33. The van der Waals surface area contributed by atoms with E-state index in [4.69, 9.17) is 0 Å². The van der Waals surface area contributed by atoms with Gasteiger partial charge in [-0.05, 0) is 44.1 Å². The molecule has 1 saturated carbocycles. The summed E-state index contributed by atoms with van der Waals surface area (Å²) >= 11 is 0. The van der Waals surface area contributed by atoms with Gasteiger partial charge in [0.25, 0.3) is 0 Å². The molecule has 3 amide bonds. The van der Waals surface area contributed by atoms with Crippen LogP contribution >= 0.6 is 0 Å². The molecule has 1 aliphatic carbocycles. The summed E-state index contributed by atoms with van der Waals surface area (Å²) in [5.74, 6) is 0.744. The van der Waals surface area contributed by atoms with Crippen LogP contribution in [0.25, 0.3) is 0 Å². The summed E-state index contributed by atoms with van der Waals surface area (Å²) in [5, 5.41) is 3.11. The van der Waals surface area contributed by atoms with Crippen molar-refractivity contribution in [2.75, 3.05) is 19.6 Å². The standard InChI is InChI=1S/C20H29N3O2/c1-15-6-8-18(9-7-15)21-19(24)14-23-11-10-22(20(23)25)13-17-5-3-4-16(2)12-17/h3-5,12,15,18H,6-11,13-14H2,1-2H3,(H,21,24). The summed E-state index contributed by atoms with van der Waals surface area (Å²) in [6.07, 6.45) is 4.47. The zero-order chi connectivity index (χ0) is 17.8. The van der Waals surface area contributed by atoms with Crippen LogP contribution in [-0.4, -0.2) is 47.4 Å². The third-order valence-corrected chi connectivity index (χ3v) is 5.35. The lowest BCUT2D eigenvalue weighted by atomic mass is 9.87. The van der Waals surface area contributed by atoms with Gasteiger partial charge < -0.3 is 15.1 Å². The Morgan fingerprint density at radius 1 is 1.16 bits per heavy atom. The molecule has 136 valence electrons. The second-order valence-corrected chi connectivity index (χ2v) is 7.64. The molecule has 0 aromatic heterocycles. The number of nitrogens with one attached hydrogen (secondary N) is 1. The molecule has 2 aliphatic rings. The van der Waals surface area contributed by atoms with E-state index < -0.39 is 0 Å². The van der Waals surface area contributed by atoms with E-state index in [0.29, 0.717) is 19.6 Å². The molecule has 5 nitrogen and oxygen atoms in total. The smallest absolute Gasteiger partial charge is 0.320 e. The van der Waals surface area contributed by atoms with Gasteiger partial charge in [0.15, 0.2) is 0 Å². The zero-order valence-corrected chi connectivity index (χ0v) is 15.3. The molecule has 0 atom stereocenters. The normalized spacial score (nSPS) is 23.8. The van der Waals surface area contributed by atoms with Gasteiger partial charge in [-0.1, -0.05) is 36.8 Å². The van der Waals surface area contributed by atoms with Crippen LogP contribution in [0.2, 0.25) is 0 Å². The number of carbonyl (C=O) groups excluding carboxylic acids is 2. The molecular weight excluding hydrogens is 314 g/mol. The third-order valence-electron chi connectivity index (χ3n) is 5.35. The monoisotopic (exact) mass is 343 g/mol. The average Bonchev–Trinajstić information content (AvgIpc) is 2.90. The topological polar surface area (TPSA) is 52.6 Å². The van der Waals surface area contributed by atoms with Crippen molar-refractivity contribution in [1.29, 1.82) is 0 Å². The Hall–Kier alpha value is -2.04. The second-order valence-electron chi connectivity index (χ2n) is 7.64. The molecule has 1 aromatic rings. The highest BCUT2D eigenvalue weighted by Crippen LogP contribution is 2.23. The molecule has 1 aromatic carbocycles. The molecule has 1 heterocycles. The van der Waals surface area contributed by atoms with E-state index in [2.05, 4.69) is 31.3 Å². The van der Waals surface area contributed by atoms with Crippen LogP contribution in [0.3, 0.4) is 0 Å². The van der Waals surface area contributed by atoms with Crippen molar-refractivity contribution in [1.82, 2.24) is 15.1 Å². The van der Waals surface area contributed by atoms with E-state index in [1.165, 1.54) is 18.4 Å². The molecule has 0 unspecified atom stereocenters. The van der Waals surface area contributed by atoms with E-state index in [1.54, 1.807) is 4.90 Å². The SMILES string of the molecule is Cc1cccc(CN2CCN(CC(=O)NC3CCC(C)CC3)C2=O)c1. The maximum absolute atomic E-state index is 12.5. The predicted octanol–water partition coefficient (Wildman–Crippen LogP) is 2.93. The van der Waals surface area contributed by atoms with Gasteiger partial charge in [0.05, 0.1) is 0 Å². The largest absolute Gasteiger partial charge is 0.352 e. The quantitative estimate of drug-likeness (QED) is 0.894. The lowest BCUT2D eigenvalue weighted by Crippen LogP contribution is -2.44. The number of amides is 3. The van der Waals surface area contributed by atoms with Crippen LogP contribution in [0.5, 0.6) is 0 Å². The van der Waals surface area contributed by atoms with Crippen molar-refractivity contribution < 1.29 is 9.59 Å². The summed E-state index contributed by atoms with van der Waals surface area (Å²) in [6.45, 7) is 6.41. The summed E-state index contributed by atoms with van der Waals surface area (Å²) in [6, 6.07) is 8.46. The van der Waals surface area contributed by atoms with Gasteiger partial charge >= 0.3 is 6.03 Å². The van der Waals surface area contributed by atoms with E-state index in [1.807, 2.05) is 17.0 Å². The lowest BCUT2D eigenvalue weighted by Gasteiger charge is -2.27. The summed E-state index contributed by atoms with van der Waals surface area (Å²) < 4.78 is 0. The maximum Gasteiger partial charge on any atom is 0.320 e. The molecule has 1 saturated heterocycles. The van der Waals surface area contributed by atoms with Crippen LogP contribution in [0.4, 0.5) is 4.79 Å². The Balaban J connectivity index is 1.47. The van der Waals surface area contributed by atoms with Crippen molar-refractivity contribution >= 4 is 11.9 Å². The fourth-order valence-corrected chi connectivity index (χ4v) is 3.81. The molecule has 5 heteroatoms. The Morgan fingerprint density at radius 2 is 1.88 bits per heavy atom. The Morgan fingerprint density at radius 3 is 2.60 bits per heavy atom. The average molecular weight is 343 g/mol. The number of aryl methyl sites for hydroxylation is 1. The van der Waals surface area contributed by atoms with Gasteiger partial charge in [-0.2, -0.15) is 0 Å². The number of hydrogen-bond acceptors (Lipinski definition) is 2. The van der Waals surface area contributed by atoms with E-state index in [9.17, 15) is 9.59 Å². The number of benzene rings is 1. The first-order valence-electron chi connectivity index (χ1n) is 9.40. The van der Waals surface area contributed by atoms with Crippen LogP contribution < -0.4 is 5.32 Å². The van der Waals surface area contributed by atoms with Crippen LogP contribution in [0.1, 0.15) is 43.7 Å². The Bertz CT molecular complexity index is 623. The third kappa shape index (κ3) is 4.74.